The van der Waals surface area contributed by atoms with Gasteiger partial charge in [0.15, 0.2) is 0 Å². The van der Waals surface area contributed by atoms with Crippen LogP contribution in [0.15, 0.2) is 18.2 Å². The molecule has 1 unspecified atom stereocenters. The van der Waals surface area contributed by atoms with Crippen LogP contribution in [0.25, 0.3) is 0 Å². The molecular formula is C15H23NO3. The van der Waals surface area contributed by atoms with E-state index in [2.05, 4.69) is 12.2 Å². The van der Waals surface area contributed by atoms with Crippen LogP contribution in [-0.2, 0) is 4.79 Å². The van der Waals surface area contributed by atoms with Gasteiger partial charge >= 0.3 is 0 Å². The molecule has 0 radical (unpaired) electrons. The Morgan fingerprint density at radius 2 is 2.11 bits per heavy atom. The van der Waals surface area contributed by atoms with E-state index in [0.29, 0.717) is 26.0 Å². The molecule has 1 amide bonds. The van der Waals surface area contributed by atoms with Gasteiger partial charge in [-0.15, -0.1) is 0 Å². The van der Waals surface area contributed by atoms with E-state index >= 15 is 0 Å². The van der Waals surface area contributed by atoms with Crippen LogP contribution in [-0.4, -0.2) is 30.3 Å². The number of hydrogen-bond acceptors (Lipinski definition) is 3. The van der Waals surface area contributed by atoms with Crippen LogP contribution in [0, 0.1) is 13.8 Å². The van der Waals surface area contributed by atoms with E-state index in [1.54, 1.807) is 6.92 Å². The Bertz CT molecular complexity index is 416. The van der Waals surface area contributed by atoms with Gasteiger partial charge in [-0.3, -0.25) is 4.79 Å². The highest BCUT2D eigenvalue weighted by molar-refractivity contribution is 5.75. The van der Waals surface area contributed by atoms with Crippen molar-refractivity contribution in [2.24, 2.45) is 0 Å². The third-order valence-electron chi connectivity index (χ3n) is 2.96. The SMILES string of the molecule is Cc1ccc(OCCC(=O)NCCC(C)O)cc1C. The first-order valence-electron chi connectivity index (χ1n) is 6.64. The highest BCUT2D eigenvalue weighted by Gasteiger charge is 2.03. The molecule has 1 aromatic carbocycles. The molecular weight excluding hydrogens is 242 g/mol. The van der Waals surface area contributed by atoms with E-state index in [-0.39, 0.29) is 12.0 Å². The quantitative estimate of drug-likeness (QED) is 0.792. The number of carbonyl (C=O) groups excluding carboxylic acids is 1. The van der Waals surface area contributed by atoms with E-state index in [1.807, 2.05) is 25.1 Å². The van der Waals surface area contributed by atoms with Crippen molar-refractivity contribution in [2.75, 3.05) is 13.2 Å². The molecule has 0 saturated carbocycles. The van der Waals surface area contributed by atoms with Gasteiger partial charge in [0.25, 0.3) is 0 Å². The molecule has 0 aliphatic heterocycles. The fourth-order valence-corrected chi connectivity index (χ4v) is 1.57. The molecule has 4 nitrogen and oxygen atoms in total. The molecule has 106 valence electrons. The minimum absolute atomic E-state index is 0.0514. The van der Waals surface area contributed by atoms with Gasteiger partial charge in [0.05, 0.1) is 19.1 Å². The molecule has 1 aromatic rings. The number of nitrogens with one attached hydrogen (secondary N) is 1. The highest BCUT2D eigenvalue weighted by atomic mass is 16.5. The van der Waals surface area contributed by atoms with Gasteiger partial charge in [0.1, 0.15) is 5.75 Å². The van der Waals surface area contributed by atoms with Crippen molar-refractivity contribution < 1.29 is 14.6 Å². The predicted molar refractivity (Wildman–Crippen MR) is 75.3 cm³/mol. The zero-order valence-electron chi connectivity index (χ0n) is 11.9. The summed E-state index contributed by atoms with van der Waals surface area (Å²) in [5, 5.41) is 11.8. The molecule has 0 fully saturated rings. The number of ether oxygens (including phenoxy) is 1. The lowest BCUT2D eigenvalue weighted by Gasteiger charge is -2.09. The van der Waals surface area contributed by atoms with Crippen molar-refractivity contribution in [3.63, 3.8) is 0 Å². The minimum Gasteiger partial charge on any atom is -0.493 e. The predicted octanol–water partition coefficient (Wildman–Crippen LogP) is 1.96. The number of aliphatic hydroxyl groups excluding tert-OH is 1. The summed E-state index contributed by atoms with van der Waals surface area (Å²) >= 11 is 0. The van der Waals surface area contributed by atoms with Crippen LogP contribution in [0.3, 0.4) is 0 Å². The Balaban J connectivity index is 2.22. The molecule has 0 aliphatic rings. The Morgan fingerprint density at radius 3 is 2.74 bits per heavy atom. The van der Waals surface area contributed by atoms with Crippen LogP contribution in [0.5, 0.6) is 5.75 Å². The van der Waals surface area contributed by atoms with Crippen LogP contribution >= 0.6 is 0 Å². The van der Waals surface area contributed by atoms with Crippen LogP contribution in [0.2, 0.25) is 0 Å². The van der Waals surface area contributed by atoms with Crippen LogP contribution < -0.4 is 10.1 Å². The minimum atomic E-state index is -0.382. The zero-order valence-corrected chi connectivity index (χ0v) is 11.9. The number of carbonyl (C=O) groups is 1. The fraction of sp³-hybridized carbons (Fsp3) is 0.533. The topological polar surface area (TPSA) is 58.6 Å². The summed E-state index contributed by atoms with van der Waals surface area (Å²) < 4.78 is 5.53. The second-order valence-corrected chi connectivity index (χ2v) is 4.83. The summed E-state index contributed by atoms with van der Waals surface area (Å²) in [6.07, 6.45) is 0.517. The maximum absolute atomic E-state index is 11.5. The lowest BCUT2D eigenvalue weighted by Crippen LogP contribution is -2.27. The standard InChI is InChI=1S/C15H23NO3/c1-11-4-5-14(10-12(11)2)19-9-7-15(18)16-8-6-13(3)17/h4-5,10,13,17H,6-9H2,1-3H3,(H,16,18). The van der Waals surface area contributed by atoms with E-state index in [0.717, 1.165) is 5.75 Å². The van der Waals surface area contributed by atoms with Crippen LogP contribution in [0.1, 0.15) is 30.9 Å². The summed E-state index contributed by atoms with van der Waals surface area (Å²) in [6.45, 7) is 6.65. The molecule has 2 N–H and O–H groups in total. The Morgan fingerprint density at radius 1 is 1.37 bits per heavy atom. The van der Waals surface area contributed by atoms with Gasteiger partial charge in [-0.2, -0.15) is 0 Å². The molecule has 0 saturated heterocycles. The van der Waals surface area contributed by atoms with Crippen LogP contribution in [0.4, 0.5) is 0 Å². The highest BCUT2D eigenvalue weighted by Crippen LogP contribution is 2.16. The monoisotopic (exact) mass is 265 g/mol. The normalized spacial score (nSPS) is 12.0. The van der Waals surface area contributed by atoms with Gasteiger partial charge in [-0.1, -0.05) is 6.07 Å². The van der Waals surface area contributed by atoms with Crippen molar-refractivity contribution in [3.8, 4) is 5.75 Å². The fourth-order valence-electron chi connectivity index (χ4n) is 1.57. The average Bonchev–Trinajstić information content (AvgIpc) is 2.33. The summed E-state index contributed by atoms with van der Waals surface area (Å²) in [5.41, 5.74) is 2.40. The van der Waals surface area contributed by atoms with Crippen molar-refractivity contribution >= 4 is 5.91 Å². The summed E-state index contributed by atoms with van der Waals surface area (Å²) in [7, 11) is 0. The van der Waals surface area contributed by atoms with Gasteiger partial charge in [-0.05, 0) is 50.5 Å². The van der Waals surface area contributed by atoms with Crippen molar-refractivity contribution in [1.82, 2.24) is 5.32 Å². The third kappa shape index (κ3) is 6.25. The van der Waals surface area contributed by atoms with Crippen molar-refractivity contribution in [2.45, 2.75) is 39.7 Å². The molecule has 0 aromatic heterocycles. The molecule has 0 heterocycles. The Hall–Kier alpha value is -1.55. The maximum atomic E-state index is 11.5. The number of aliphatic hydroxyl groups is 1. The van der Waals surface area contributed by atoms with Gasteiger partial charge in [0.2, 0.25) is 5.91 Å². The van der Waals surface area contributed by atoms with Gasteiger partial charge in [-0.25, -0.2) is 0 Å². The molecule has 0 bridgehead atoms. The van der Waals surface area contributed by atoms with E-state index in [9.17, 15) is 4.79 Å². The Labute approximate surface area is 114 Å². The first kappa shape index (κ1) is 15.5. The lowest BCUT2D eigenvalue weighted by atomic mass is 10.1. The van der Waals surface area contributed by atoms with Gasteiger partial charge < -0.3 is 15.2 Å². The Kier molecular flexibility index (Phi) is 6.36. The second-order valence-electron chi connectivity index (χ2n) is 4.83. The van der Waals surface area contributed by atoms with Gasteiger partial charge in [0, 0.05) is 6.54 Å². The largest absolute Gasteiger partial charge is 0.493 e. The summed E-state index contributed by atoms with van der Waals surface area (Å²) in [4.78, 5) is 11.5. The maximum Gasteiger partial charge on any atom is 0.223 e. The molecule has 0 aliphatic carbocycles. The van der Waals surface area contributed by atoms with E-state index in [4.69, 9.17) is 9.84 Å². The van der Waals surface area contributed by atoms with E-state index in [1.165, 1.54) is 11.1 Å². The summed E-state index contributed by atoms with van der Waals surface area (Å²) in [5.74, 6) is 0.740. The van der Waals surface area contributed by atoms with E-state index < -0.39 is 0 Å². The first-order valence-corrected chi connectivity index (χ1v) is 6.64. The zero-order chi connectivity index (χ0) is 14.3. The third-order valence-corrected chi connectivity index (χ3v) is 2.96. The smallest absolute Gasteiger partial charge is 0.223 e. The number of aryl methyl sites for hydroxylation is 2. The molecule has 1 atom stereocenters. The summed E-state index contributed by atoms with van der Waals surface area (Å²) in [6, 6.07) is 5.89. The lowest BCUT2D eigenvalue weighted by molar-refractivity contribution is -0.121. The number of amides is 1. The average molecular weight is 265 g/mol. The molecule has 19 heavy (non-hydrogen) atoms. The molecule has 4 heteroatoms. The molecule has 1 rings (SSSR count). The number of hydrogen-bond donors (Lipinski definition) is 2. The first-order chi connectivity index (χ1) is 8.99. The molecule has 0 spiro atoms. The second kappa shape index (κ2) is 7.79. The number of benzene rings is 1. The number of rotatable bonds is 7. The van der Waals surface area contributed by atoms with Crippen molar-refractivity contribution in [1.29, 1.82) is 0 Å². The van der Waals surface area contributed by atoms with Crippen molar-refractivity contribution in [3.05, 3.63) is 29.3 Å².